The van der Waals surface area contributed by atoms with Crippen LogP contribution in [-0.2, 0) is 19.1 Å². The first-order valence-corrected chi connectivity index (χ1v) is 5.28. The molecule has 0 aromatic carbocycles. The molecule has 0 N–H and O–H groups in total. The monoisotopic (exact) mass is 228 g/mol. The Morgan fingerprint density at radius 2 is 1.50 bits per heavy atom. The highest BCUT2D eigenvalue weighted by atomic mass is 16.5. The highest BCUT2D eigenvalue weighted by Crippen LogP contribution is 2.25. The number of methoxy groups -OCH3 is 2. The number of esters is 2. The molecule has 0 aliphatic carbocycles. The molecule has 0 heterocycles. The van der Waals surface area contributed by atoms with E-state index in [1.165, 1.54) is 14.2 Å². The smallest absolute Gasteiger partial charge is 0.320 e. The summed E-state index contributed by atoms with van der Waals surface area (Å²) in [5.74, 6) is -2.04. The lowest BCUT2D eigenvalue weighted by Crippen LogP contribution is -2.35. The quantitative estimate of drug-likeness (QED) is 0.409. The van der Waals surface area contributed by atoms with Gasteiger partial charge >= 0.3 is 11.9 Å². The maximum atomic E-state index is 11.6. The number of ether oxygens (including phenoxy) is 2. The lowest BCUT2D eigenvalue weighted by atomic mass is 9.83. The van der Waals surface area contributed by atoms with Gasteiger partial charge in [0.25, 0.3) is 0 Å². The summed E-state index contributed by atoms with van der Waals surface area (Å²) in [5, 5.41) is 0. The lowest BCUT2D eigenvalue weighted by molar-refractivity contribution is -0.161. The normalized spacial score (nSPS) is 13.2. The maximum absolute atomic E-state index is 11.6. The van der Waals surface area contributed by atoms with Gasteiger partial charge in [0, 0.05) is 5.92 Å². The molecule has 0 aromatic heterocycles. The summed E-state index contributed by atoms with van der Waals surface area (Å²) in [6.07, 6.45) is 3.66. The van der Waals surface area contributed by atoms with Crippen molar-refractivity contribution in [1.82, 2.24) is 0 Å². The fourth-order valence-corrected chi connectivity index (χ4v) is 1.60. The van der Waals surface area contributed by atoms with Gasteiger partial charge in [0.2, 0.25) is 0 Å². The molecule has 0 saturated heterocycles. The summed E-state index contributed by atoms with van der Waals surface area (Å²) < 4.78 is 9.28. The summed E-state index contributed by atoms with van der Waals surface area (Å²) >= 11 is 0. The minimum atomic E-state index is -0.883. The summed E-state index contributed by atoms with van der Waals surface area (Å²) in [6.45, 7) is 5.74. The number of allylic oxidation sites excluding steroid dienone is 2. The van der Waals surface area contributed by atoms with Gasteiger partial charge in [0.1, 0.15) is 0 Å². The third-order valence-electron chi connectivity index (χ3n) is 2.48. The second kappa shape index (κ2) is 7.04. The van der Waals surface area contributed by atoms with Crippen molar-refractivity contribution in [3.63, 3.8) is 0 Å². The van der Waals surface area contributed by atoms with Gasteiger partial charge in [-0.2, -0.15) is 0 Å². The van der Waals surface area contributed by atoms with Crippen LogP contribution in [0.2, 0.25) is 0 Å². The predicted molar refractivity (Wildman–Crippen MR) is 60.7 cm³/mol. The standard InChI is InChI=1S/C12H20O4/c1-6-7-9(8(2)3)10(11(13)15-4)12(14)16-5/h6-10H,1-5H3/b7-6+. The van der Waals surface area contributed by atoms with Crippen molar-refractivity contribution in [2.75, 3.05) is 14.2 Å². The zero-order valence-electron chi connectivity index (χ0n) is 10.5. The molecule has 0 aromatic rings. The summed E-state index contributed by atoms with van der Waals surface area (Å²) in [5.41, 5.74) is 0. The Kier molecular flexibility index (Phi) is 6.46. The van der Waals surface area contributed by atoms with Crippen molar-refractivity contribution in [1.29, 1.82) is 0 Å². The molecule has 4 nitrogen and oxygen atoms in total. The molecule has 16 heavy (non-hydrogen) atoms. The zero-order chi connectivity index (χ0) is 12.7. The van der Waals surface area contributed by atoms with E-state index in [0.717, 1.165) is 0 Å². The molecule has 0 spiro atoms. The number of hydrogen-bond donors (Lipinski definition) is 0. The Hall–Kier alpha value is -1.32. The van der Waals surface area contributed by atoms with Crippen molar-refractivity contribution in [3.8, 4) is 0 Å². The Bertz CT molecular complexity index is 252. The van der Waals surface area contributed by atoms with E-state index >= 15 is 0 Å². The van der Waals surface area contributed by atoms with E-state index in [1.807, 2.05) is 32.9 Å². The number of rotatable bonds is 5. The molecule has 0 fully saturated rings. The minimum Gasteiger partial charge on any atom is -0.468 e. The molecular formula is C12H20O4. The van der Waals surface area contributed by atoms with Gasteiger partial charge in [-0.3, -0.25) is 9.59 Å². The lowest BCUT2D eigenvalue weighted by Gasteiger charge is -2.23. The van der Waals surface area contributed by atoms with Crippen LogP contribution < -0.4 is 0 Å². The van der Waals surface area contributed by atoms with Crippen LogP contribution >= 0.6 is 0 Å². The zero-order valence-corrected chi connectivity index (χ0v) is 10.5. The third-order valence-corrected chi connectivity index (χ3v) is 2.48. The number of carbonyl (C=O) groups is 2. The fourth-order valence-electron chi connectivity index (χ4n) is 1.60. The first-order chi connectivity index (χ1) is 7.49. The van der Waals surface area contributed by atoms with E-state index in [2.05, 4.69) is 9.47 Å². The first-order valence-electron chi connectivity index (χ1n) is 5.28. The van der Waals surface area contributed by atoms with Gasteiger partial charge in [0.05, 0.1) is 14.2 Å². The van der Waals surface area contributed by atoms with E-state index in [4.69, 9.17) is 0 Å². The molecule has 0 saturated carbocycles. The summed E-state index contributed by atoms with van der Waals surface area (Å²) in [6, 6.07) is 0. The highest BCUT2D eigenvalue weighted by Gasteiger charge is 2.36. The predicted octanol–water partition coefficient (Wildman–Crippen LogP) is 1.80. The number of hydrogen-bond acceptors (Lipinski definition) is 4. The molecule has 0 amide bonds. The minimum absolute atomic E-state index is 0.152. The van der Waals surface area contributed by atoms with E-state index < -0.39 is 17.9 Å². The molecule has 0 bridgehead atoms. The molecule has 1 atom stereocenters. The van der Waals surface area contributed by atoms with Crippen molar-refractivity contribution in [2.24, 2.45) is 17.8 Å². The molecule has 0 radical (unpaired) electrons. The van der Waals surface area contributed by atoms with Crippen molar-refractivity contribution in [2.45, 2.75) is 20.8 Å². The molecule has 92 valence electrons. The van der Waals surface area contributed by atoms with E-state index in [1.54, 1.807) is 0 Å². The summed E-state index contributed by atoms with van der Waals surface area (Å²) in [7, 11) is 2.54. The highest BCUT2D eigenvalue weighted by molar-refractivity contribution is 5.95. The van der Waals surface area contributed by atoms with Crippen LogP contribution in [0, 0.1) is 17.8 Å². The van der Waals surface area contributed by atoms with E-state index in [9.17, 15) is 9.59 Å². The Labute approximate surface area is 96.6 Å². The van der Waals surface area contributed by atoms with Gasteiger partial charge in [-0.1, -0.05) is 26.0 Å². The van der Waals surface area contributed by atoms with E-state index in [0.29, 0.717) is 0 Å². The SMILES string of the molecule is C/C=C/C(C(C)C)C(C(=O)OC)C(=O)OC. The molecule has 4 heteroatoms. The second-order valence-electron chi connectivity index (χ2n) is 3.87. The molecule has 1 unspecified atom stereocenters. The molecule has 0 aliphatic rings. The first kappa shape index (κ1) is 14.7. The van der Waals surface area contributed by atoms with Gasteiger partial charge in [-0.25, -0.2) is 0 Å². The average Bonchev–Trinajstić information content (AvgIpc) is 2.27. The largest absolute Gasteiger partial charge is 0.468 e. The van der Waals surface area contributed by atoms with Crippen molar-refractivity contribution >= 4 is 11.9 Å². The third kappa shape index (κ3) is 3.68. The molecule has 0 rings (SSSR count). The summed E-state index contributed by atoms with van der Waals surface area (Å²) in [4.78, 5) is 23.2. The topological polar surface area (TPSA) is 52.6 Å². The van der Waals surface area contributed by atoms with Crippen LogP contribution in [0.15, 0.2) is 12.2 Å². The van der Waals surface area contributed by atoms with Gasteiger partial charge in [-0.05, 0) is 12.8 Å². The molecular weight excluding hydrogens is 208 g/mol. The Balaban J connectivity index is 5.11. The molecule has 0 aliphatic heterocycles. The van der Waals surface area contributed by atoms with Crippen molar-refractivity contribution < 1.29 is 19.1 Å². The Morgan fingerprint density at radius 3 is 1.75 bits per heavy atom. The maximum Gasteiger partial charge on any atom is 0.320 e. The number of carbonyl (C=O) groups excluding carboxylic acids is 2. The van der Waals surface area contributed by atoms with E-state index in [-0.39, 0.29) is 11.8 Å². The Morgan fingerprint density at radius 1 is 1.06 bits per heavy atom. The van der Waals surface area contributed by atoms with Crippen LogP contribution in [-0.4, -0.2) is 26.2 Å². The van der Waals surface area contributed by atoms with Crippen molar-refractivity contribution in [3.05, 3.63) is 12.2 Å². The van der Waals surface area contributed by atoms with Gasteiger partial charge in [-0.15, -0.1) is 0 Å². The second-order valence-corrected chi connectivity index (χ2v) is 3.87. The van der Waals surface area contributed by atoms with Crippen LogP contribution in [0.4, 0.5) is 0 Å². The van der Waals surface area contributed by atoms with Crippen LogP contribution in [0.5, 0.6) is 0 Å². The van der Waals surface area contributed by atoms with Crippen LogP contribution in [0.25, 0.3) is 0 Å². The average molecular weight is 228 g/mol. The van der Waals surface area contributed by atoms with Gasteiger partial charge in [0.15, 0.2) is 5.92 Å². The van der Waals surface area contributed by atoms with Crippen LogP contribution in [0.1, 0.15) is 20.8 Å². The fraction of sp³-hybridized carbons (Fsp3) is 0.667. The van der Waals surface area contributed by atoms with Crippen LogP contribution in [0.3, 0.4) is 0 Å². The van der Waals surface area contributed by atoms with Gasteiger partial charge < -0.3 is 9.47 Å².